The van der Waals surface area contributed by atoms with Crippen LogP contribution < -0.4 is 10.9 Å². The standard InChI is InChI=1S/C16H14ClN3O4/c17-13-4-2-1-3-10(13)8-19-9-11(5-6-15(19)21)18-16(22)12-7-14(12)20(23)24/h1-6,9,12,14H,7-8H2,(H,18,22)/t12-,14+/m1/s1. The van der Waals surface area contributed by atoms with Crippen molar-refractivity contribution in [3.8, 4) is 0 Å². The second-order valence-corrected chi connectivity index (χ2v) is 6.07. The summed E-state index contributed by atoms with van der Waals surface area (Å²) < 4.78 is 1.43. The third kappa shape index (κ3) is 3.46. The quantitative estimate of drug-likeness (QED) is 0.662. The number of nitro groups is 1. The second kappa shape index (κ2) is 6.45. The highest BCUT2D eigenvalue weighted by Crippen LogP contribution is 2.34. The van der Waals surface area contributed by atoms with E-state index in [1.807, 2.05) is 12.1 Å². The molecule has 0 saturated heterocycles. The summed E-state index contributed by atoms with van der Waals surface area (Å²) in [7, 11) is 0. The molecule has 24 heavy (non-hydrogen) atoms. The molecular weight excluding hydrogens is 334 g/mol. The minimum absolute atomic E-state index is 0.234. The number of aromatic nitrogens is 1. The van der Waals surface area contributed by atoms with E-state index in [-0.39, 0.29) is 18.5 Å². The number of hydrogen-bond donors (Lipinski definition) is 1. The van der Waals surface area contributed by atoms with Crippen molar-refractivity contribution in [1.82, 2.24) is 4.57 Å². The Morgan fingerprint density at radius 3 is 2.75 bits per heavy atom. The molecule has 0 bridgehead atoms. The fraction of sp³-hybridized carbons (Fsp3) is 0.250. The Labute approximate surface area is 142 Å². The number of halogens is 1. The minimum Gasteiger partial charge on any atom is -0.324 e. The average Bonchev–Trinajstić information content (AvgIpc) is 3.33. The van der Waals surface area contributed by atoms with E-state index in [4.69, 9.17) is 11.6 Å². The van der Waals surface area contributed by atoms with Gasteiger partial charge in [-0.3, -0.25) is 19.7 Å². The Balaban J connectivity index is 1.75. The molecule has 0 unspecified atom stereocenters. The number of hydrogen-bond acceptors (Lipinski definition) is 4. The van der Waals surface area contributed by atoms with Crippen LogP contribution in [-0.4, -0.2) is 21.4 Å². The van der Waals surface area contributed by atoms with Crippen LogP contribution in [0.4, 0.5) is 5.69 Å². The summed E-state index contributed by atoms with van der Waals surface area (Å²) in [4.78, 5) is 34.1. The van der Waals surface area contributed by atoms with Gasteiger partial charge in [0.15, 0.2) is 0 Å². The lowest BCUT2D eigenvalue weighted by Gasteiger charge is -2.10. The van der Waals surface area contributed by atoms with E-state index in [9.17, 15) is 19.7 Å². The molecule has 1 aromatic heterocycles. The molecule has 8 heteroatoms. The maximum absolute atomic E-state index is 12.0. The monoisotopic (exact) mass is 347 g/mol. The van der Waals surface area contributed by atoms with Gasteiger partial charge in [-0.1, -0.05) is 29.8 Å². The third-order valence-corrected chi connectivity index (χ3v) is 4.28. The third-order valence-electron chi connectivity index (χ3n) is 3.91. The first-order valence-electron chi connectivity index (χ1n) is 7.34. The summed E-state index contributed by atoms with van der Waals surface area (Å²) >= 11 is 6.10. The number of carbonyl (C=O) groups excluding carboxylic acids is 1. The zero-order valence-electron chi connectivity index (χ0n) is 12.5. The first kappa shape index (κ1) is 16.2. The molecule has 3 rings (SSSR count). The summed E-state index contributed by atoms with van der Waals surface area (Å²) in [6.45, 7) is 0.267. The Kier molecular flexibility index (Phi) is 4.35. The van der Waals surface area contributed by atoms with Crippen molar-refractivity contribution < 1.29 is 9.72 Å². The predicted octanol–water partition coefficient (Wildman–Crippen LogP) is 2.15. The smallest absolute Gasteiger partial charge is 0.250 e. The molecular formula is C16H14ClN3O4. The minimum atomic E-state index is -0.806. The zero-order chi connectivity index (χ0) is 17.3. The molecule has 1 aliphatic carbocycles. The van der Waals surface area contributed by atoms with Crippen molar-refractivity contribution in [2.75, 3.05) is 5.32 Å². The molecule has 1 amide bonds. The zero-order valence-corrected chi connectivity index (χ0v) is 13.3. The van der Waals surface area contributed by atoms with Gasteiger partial charge in [0.1, 0.15) is 5.92 Å². The van der Waals surface area contributed by atoms with Gasteiger partial charge in [0.2, 0.25) is 11.9 Å². The van der Waals surface area contributed by atoms with Gasteiger partial charge in [0, 0.05) is 28.6 Å². The number of nitrogens with one attached hydrogen (secondary N) is 1. The number of anilines is 1. The maximum atomic E-state index is 12.0. The Bertz CT molecular complexity index is 864. The molecule has 1 heterocycles. The molecule has 1 aliphatic rings. The lowest BCUT2D eigenvalue weighted by atomic mass is 10.2. The van der Waals surface area contributed by atoms with E-state index < -0.39 is 22.8 Å². The second-order valence-electron chi connectivity index (χ2n) is 5.66. The van der Waals surface area contributed by atoms with Crippen molar-refractivity contribution in [2.45, 2.75) is 19.0 Å². The summed E-state index contributed by atoms with van der Waals surface area (Å²) in [5.41, 5.74) is 0.962. The normalized spacial score (nSPS) is 18.9. The molecule has 124 valence electrons. The molecule has 1 aromatic carbocycles. The summed E-state index contributed by atoms with van der Waals surface area (Å²) in [5.74, 6) is -1.01. The van der Waals surface area contributed by atoms with Gasteiger partial charge in [0.25, 0.3) is 5.56 Å². The van der Waals surface area contributed by atoms with Crippen molar-refractivity contribution in [3.05, 3.63) is 73.6 Å². The van der Waals surface area contributed by atoms with Crippen molar-refractivity contribution >= 4 is 23.2 Å². The fourth-order valence-electron chi connectivity index (χ4n) is 2.47. The van der Waals surface area contributed by atoms with Gasteiger partial charge in [-0.05, 0) is 17.7 Å². The number of benzene rings is 1. The van der Waals surface area contributed by atoms with Crippen LogP contribution in [0.1, 0.15) is 12.0 Å². The van der Waals surface area contributed by atoms with E-state index >= 15 is 0 Å². The topological polar surface area (TPSA) is 94.2 Å². The highest BCUT2D eigenvalue weighted by atomic mass is 35.5. The van der Waals surface area contributed by atoms with E-state index in [1.165, 1.54) is 22.9 Å². The largest absolute Gasteiger partial charge is 0.324 e. The van der Waals surface area contributed by atoms with Crippen LogP contribution >= 0.6 is 11.6 Å². The SMILES string of the molecule is O=C(Nc1ccc(=O)n(Cc2ccccc2Cl)c1)[C@@H]1C[C@@H]1[N+](=O)[O-]. The number of amides is 1. The predicted molar refractivity (Wildman–Crippen MR) is 88.8 cm³/mol. The van der Waals surface area contributed by atoms with E-state index in [1.54, 1.807) is 12.1 Å². The van der Waals surface area contributed by atoms with Gasteiger partial charge in [-0.15, -0.1) is 0 Å². The van der Waals surface area contributed by atoms with Crippen LogP contribution in [0.15, 0.2) is 47.4 Å². The highest BCUT2D eigenvalue weighted by Gasteiger charge is 2.53. The van der Waals surface area contributed by atoms with Gasteiger partial charge >= 0.3 is 0 Å². The molecule has 2 atom stereocenters. The molecule has 7 nitrogen and oxygen atoms in total. The van der Waals surface area contributed by atoms with Crippen molar-refractivity contribution in [2.24, 2.45) is 5.92 Å². The van der Waals surface area contributed by atoms with Crippen LogP contribution in [0.25, 0.3) is 0 Å². The summed E-state index contributed by atoms with van der Waals surface area (Å²) in [6.07, 6.45) is 1.76. The number of carbonyl (C=O) groups is 1. The number of nitrogens with zero attached hydrogens (tertiary/aromatic N) is 2. The average molecular weight is 348 g/mol. The first-order chi connectivity index (χ1) is 11.5. The molecule has 0 spiro atoms. The lowest BCUT2D eigenvalue weighted by Crippen LogP contribution is -2.23. The van der Waals surface area contributed by atoms with Gasteiger partial charge in [-0.2, -0.15) is 0 Å². The van der Waals surface area contributed by atoms with Crippen LogP contribution in [-0.2, 0) is 11.3 Å². The van der Waals surface area contributed by atoms with Crippen LogP contribution in [0, 0.1) is 16.0 Å². The number of pyridine rings is 1. The van der Waals surface area contributed by atoms with Crippen LogP contribution in [0.2, 0.25) is 5.02 Å². The number of rotatable bonds is 5. The highest BCUT2D eigenvalue weighted by molar-refractivity contribution is 6.31. The molecule has 0 aliphatic heterocycles. The van der Waals surface area contributed by atoms with Gasteiger partial charge < -0.3 is 9.88 Å². The molecule has 1 N–H and O–H groups in total. The maximum Gasteiger partial charge on any atom is 0.250 e. The van der Waals surface area contributed by atoms with Crippen LogP contribution in [0.3, 0.4) is 0 Å². The van der Waals surface area contributed by atoms with E-state index in [0.717, 1.165) is 5.56 Å². The van der Waals surface area contributed by atoms with Gasteiger partial charge in [0.05, 0.1) is 12.2 Å². The van der Waals surface area contributed by atoms with Gasteiger partial charge in [-0.25, -0.2) is 0 Å². The fourth-order valence-corrected chi connectivity index (χ4v) is 2.67. The van der Waals surface area contributed by atoms with Crippen molar-refractivity contribution in [3.63, 3.8) is 0 Å². The summed E-state index contributed by atoms with van der Waals surface area (Å²) in [5, 5.41) is 13.8. The van der Waals surface area contributed by atoms with Crippen LogP contribution in [0.5, 0.6) is 0 Å². The Morgan fingerprint density at radius 2 is 2.08 bits per heavy atom. The lowest BCUT2D eigenvalue weighted by molar-refractivity contribution is -0.497. The Morgan fingerprint density at radius 1 is 1.33 bits per heavy atom. The molecule has 1 saturated carbocycles. The van der Waals surface area contributed by atoms with E-state index in [0.29, 0.717) is 10.7 Å². The molecule has 1 fully saturated rings. The van der Waals surface area contributed by atoms with Crippen molar-refractivity contribution in [1.29, 1.82) is 0 Å². The Hall–Kier alpha value is -2.67. The molecule has 2 aromatic rings. The summed E-state index contributed by atoms with van der Waals surface area (Å²) in [6, 6.07) is 9.18. The first-order valence-corrected chi connectivity index (χ1v) is 7.72. The van der Waals surface area contributed by atoms with E-state index in [2.05, 4.69) is 5.32 Å². The molecule has 0 radical (unpaired) electrons.